The fourth-order valence-corrected chi connectivity index (χ4v) is 4.00. The monoisotopic (exact) mass is 412 g/mol. The van der Waals surface area contributed by atoms with Crippen LogP contribution in [0.1, 0.15) is 36.2 Å². The molecule has 1 aromatic carbocycles. The number of benzene rings is 1. The van der Waals surface area contributed by atoms with Crippen molar-refractivity contribution in [2.24, 2.45) is 0 Å². The molecule has 1 heterocycles. The Labute approximate surface area is 148 Å². The molecule has 1 aliphatic carbocycles. The smallest absolute Gasteiger partial charge is 0.271 e. The molecular weight excluding hydrogens is 396 g/mol. The van der Waals surface area contributed by atoms with Crippen LogP contribution in [0.3, 0.4) is 0 Å². The molecule has 0 atom stereocenters. The molecule has 0 radical (unpaired) electrons. The lowest BCUT2D eigenvalue weighted by atomic mass is 10.2. The highest BCUT2D eigenvalue weighted by molar-refractivity contribution is 9.10. The van der Waals surface area contributed by atoms with E-state index in [-0.39, 0.29) is 28.2 Å². The van der Waals surface area contributed by atoms with Crippen LogP contribution in [0.5, 0.6) is 0 Å². The number of halogens is 1. The second kappa shape index (κ2) is 6.94. The zero-order chi connectivity index (χ0) is 17.2. The number of sulfonamides is 1. The number of carbonyl (C=O) groups is 1. The van der Waals surface area contributed by atoms with Crippen molar-refractivity contribution in [1.82, 2.24) is 15.5 Å². The lowest BCUT2D eigenvalue weighted by Crippen LogP contribution is -2.33. The van der Waals surface area contributed by atoms with Gasteiger partial charge in [-0.15, -0.1) is 0 Å². The van der Waals surface area contributed by atoms with Gasteiger partial charge in [0.15, 0.2) is 0 Å². The summed E-state index contributed by atoms with van der Waals surface area (Å²) in [6, 6.07) is 6.36. The molecule has 3 N–H and O–H groups in total. The molecule has 24 heavy (non-hydrogen) atoms. The highest BCUT2D eigenvalue weighted by Gasteiger charge is 2.23. The zero-order valence-electron chi connectivity index (χ0n) is 12.8. The fraction of sp³-hybridized carbons (Fsp3) is 0.333. The first-order valence-electron chi connectivity index (χ1n) is 7.58. The number of aromatic amines is 1. The van der Waals surface area contributed by atoms with Crippen molar-refractivity contribution in [3.63, 3.8) is 0 Å². The van der Waals surface area contributed by atoms with Gasteiger partial charge in [0.1, 0.15) is 5.69 Å². The number of anilines is 1. The minimum absolute atomic E-state index is 0.106. The molecule has 0 aliphatic heterocycles. The molecule has 7 nitrogen and oxygen atoms in total. The molecule has 0 bridgehead atoms. The minimum atomic E-state index is -3.79. The van der Waals surface area contributed by atoms with Crippen LogP contribution in [-0.2, 0) is 10.0 Å². The molecule has 128 valence electrons. The fourth-order valence-electron chi connectivity index (χ4n) is 2.68. The number of rotatable bonds is 5. The third-order valence-corrected chi connectivity index (χ3v) is 5.84. The second-order valence-electron chi connectivity index (χ2n) is 5.67. The average Bonchev–Trinajstić information content (AvgIpc) is 3.19. The maximum atomic E-state index is 12.4. The number of nitrogens with one attached hydrogen (secondary N) is 3. The van der Waals surface area contributed by atoms with E-state index >= 15 is 0 Å². The van der Waals surface area contributed by atoms with Crippen molar-refractivity contribution < 1.29 is 13.2 Å². The summed E-state index contributed by atoms with van der Waals surface area (Å²) in [6.45, 7) is 0. The third kappa shape index (κ3) is 3.78. The molecule has 1 fully saturated rings. The Bertz CT molecular complexity index is 827. The summed E-state index contributed by atoms with van der Waals surface area (Å²) in [6.07, 6.45) is 5.37. The van der Waals surface area contributed by atoms with Crippen molar-refractivity contribution >= 4 is 37.5 Å². The summed E-state index contributed by atoms with van der Waals surface area (Å²) in [5, 5.41) is 9.26. The Morgan fingerprint density at radius 3 is 2.54 bits per heavy atom. The molecule has 1 amide bonds. The van der Waals surface area contributed by atoms with Crippen molar-refractivity contribution in [3.8, 4) is 0 Å². The Hall–Kier alpha value is -1.87. The predicted molar refractivity (Wildman–Crippen MR) is 93.3 cm³/mol. The molecule has 1 saturated carbocycles. The van der Waals surface area contributed by atoms with Crippen molar-refractivity contribution in [2.75, 3.05) is 4.72 Å². The van der Waals surface area contributed by atoms with Crippen molar-refractivity contribution in [1.29, 1.82) is 0 Å². The summed E-state index contributed by atoms with van der Waals surface area (Å²) in [5.41, 5.74) is 0.246. The van der Waals surface area contributed by atoms with Crippen LogP contribution < -0.4 is 10.0 Å². The van der Waals surface area contributed by atoms with E-state index in [0.717, 1.165) is 30.2 Å². The SMILES string of the molecule is O=C(NC1CCCC1)c1[nH]ncc1NS(=O)(=O)c1ccc(Br)cc1. The van der Waals surface area contributed by atoms with E-state index in [1.54, 1.807) is 12.1 Å². The number of carbonyl (C=O) groups excluding carboxylic acids is 1. The summed E-state index contributed by atoms with van der Waals surface area (Å²) in [7, 11) is -3.79. The molecule has 0 spiro atoms. The average molecular weight is 413 g/mol. The maximum absolute atomic E-state index is 12.4. The zero-order valence-corrected chi connectivity index (χ0v) is 15.2. The van der Waals surface area contributed by atoms with Crippen molar-refractivity contribution in [2.45, 2.75) is 36.6 Å². The van der Waals surface area contributed by atoms with Gasteiger partial charge in [-0.2, -0.15) is 5.10 Å². The first-order valence-corrected chi connectivity index (χ1v) is 9.86. The quantitative estimate of drug-likeness (QED) is 0.701. The maximum Gasteiger partial charge on any atom is 0.271 e. The largest absolute Gasteiger partial charge is 0.348 e. The molecule has 9 heteroatoms. The Balaban J connectivity index is 1.77. The van der Waals surface area contributed by atoms with Gasteiger partial charge in [0, 0.05) is 10.5 Å². The van der Waals surface area contributed by atoms with E-state index in [0.29, 0.717) is 0 Å². The Morgan fingerprint density at radius 2 is 1.88 bits per heavy atom. The van der Waals surface area contributed by atoms with Gasteiger partial charge in [0.25, 0.3) is 15.9 Å². The molecule has 3 rings (SSSR count). The molecule has 2 aromatic rings. The van der Waals surface area contributed by atoms with E-state index in [1.807, 2.05) is 0 Å². The van der Waals surface area contributed by atoms with Gasteiger partial charge in [-0.25, -0.2) is 8.42 Å². The van der Waals surface area contributed by atoms with Gasteiger partial charge >= 0.3 is 0 Å². The summed E-state index contributed by atoms with van der Waals surface area (Å²) < 4.78 is 28.1. The molecule has 0 saturated heterocycles. The van der Waals surface area contributed by atoms with Gasteiger partial charge < -0.3 is 5.32 Å². The molecule has 0 unspecified atom stereocenters. The standard InChI is InChI=1S/C15H17BrN4O3S/c16-10-5-7-12(8-6-10)24(22,23)20-13-9-17-19-14(13)15(21)18-11-3-1-2-4-11/h5-9,11,20H,1-4H2,(H,17,19)(H,18,21). The Kier molecular flexibility index (Phi) is 4.91. The summed E-state index contributed by atoms with van der Waals surface area (Å²) in [5.74, 6) is -0.354. The molecule has 1 aliphatic rings. The molecule has 1 aromatic heterocycles. The van der Waals surface area contributed by atoms with Gasteiger partial charge in [0.2, 0.25) is 0 Å². The first kappa shape index (κ1) is 17.0. The minimum Gasteiger partial charge on any atom is -0.348 e. The number of amides is 1. The van der Waals surface area contributed by atoms with E-state index in [9.17, 15) is 13.2 Å². The van der Waals surface area contributed by atoms with Crippen LogP contribution in [0, 0.1) is 0 Å². The normalized spacial score (nSPS) is 15.4. The summed E-state index contributed by atoms with van der Waals surface area (Å²) in [4.78, 5) is 12.4. The number of nitrogens with zero attached hydrogens (tertiary/aromatic N) is 1. The second-order valence-corrected chi connectivity index (χ2v) is 8.27. The van der Waals surface area contributed by atoms with E-state index in [4.69, 9.17) is 0 Å². The van der Waals surface area contributed by atoms with Gasteiger partial charge in [-0.05, 0) is 37.1 Å². The van der Waals surface area contributed by atoms with Gasteiger partial charge in [0.05, 0.1) is 16.8 Å². The van der Waals surface area contributed by atoms with Crippen LogP contribution in [0.25, 0.3) is 0 Å². The highest BCUT2D eigenvalue weighted by atomic mass is 79.9. The first-order chi connectivity index (χ1) is 11.5. The van der Waals surface area contributed by atoms with Crippen LogP contribution >= 0.6 is 15.9 Å². The Morgan fingerprint density at radius 1 is 1.21 bits per heavy atom. The van der Waals surface area contributed by atoms with Crippen molar-refractivity contribution in [3.05, 3.63) is 40.6 Å². The van der Waals surface area contributed by atoms with Crippen LogP contribution in [0.15, 0.2) is 39.8 Å². The number of hydrogen-bond donors (Lipinski definition) is 3. The molecular formula is C15H17BrN4O3S. The lowest BCUT2D eigenvalue weighted by Gasteiger charge is -2.12. The highest BCUT2D eigenvalue weighted by Crippen LogP contribution is 2.22. The number of hydrogen-bond acceptors (Lipinski definition) is 4. The van der Waals surface area contributed by atoms with Gasteiger partial charge in [-0.1, -0.05) is 28.8 Å². The lowest BCUT2D eigenvalue weighted by molar-refractivity contribution is 0.0933. The summed E-state index contributed by atoms with van der Waals surface area (Å²) >= 11 is 3.26. The van der Waals surface area contributed by atoms with E-state index < -0.39 is 10.0 Å². The number of aromatic nitrogens is 2. The van der Waals surface area contributed by atoms with Crippen LogP contribution in [0.4, 0.5) is 5.69 Å². The van der Waals surface area contributed by atoms with Crippen LogP contribution in [0.2, 0.25) is 0 Å². The van der Waals surface area contributed by atoms with Gasteiger partial charge in [-0.3, -0.25) is 14.6 Å². The predicted octanol–water partition coefficient (Wildman–Crippen LogP) is 2.65. The number of H-pyrrole nitrogens is 1. The van der Waals surface area contributed by atoms with E-state index in [2.05, 4.69) is 36.2 Å². The topological polar surface area (TPSA) is 104 Å². The van der Waals surface area contributed by atoms with Crippen LogP contribution in [-0.4, -0.2) is 30.6 Å². The third-order valence-electron chi connectivity index (χ3n) is 3.93. The van der Waals surface area contributed by atoms with E-state index in [1.165, 1.54) is 18.3 Å².